The number of nitrogens with zero attached hydrogens (tertiary/aromatic N) is 1. The van der Waals surface area contributed by atoms with Crippen molar-refractivity contribution in [3.63, 3.8) is 0 Å². The lowest BCUT2D eigenvalue weighted by Crippen LogP contribution is -2.16. The van der Waals surface area contributed by atoms with E-state index in [1.54, 1.807) is 0 Å². The van der Waals surface area contributed by atoms with Crippen molar-refractivity contribution < 1.29 is 15.1 Å². The van der Waals surface area contributed by atoms with Gasteiger partial charge in [0, 0.05) is 11.1 Å². The first kappa shape index (κ1) is 11.5. The summed E-state index contributed by atoms with van der Waals surface area (Å²) in [6.45, 7) is 5.76. The van der Waals surface area contributed by atoms with Crippen LogP contribution in [0.15, 0.2) is 12.1 Å². The SMILES string of the molecule is CC(C)(C)c1cc(C(=O)O)cc(NO)n1. The molecular formula is C10H14N2O3. The predicted molar refractivity (Wildman–Crippen MR) is 55.3 cm³/mol. The van der Waals surface area contributed by atoms with Crippen LogP contribution in [0.4, 0.5) is 5.82 Å². The van der Waals surface area contributed by atoms with E-state index in [4.69, 9.17) is 10.3 Å². The van der Waals surface area contributed by atoms with Crippen molar-refractivity contribution in [2.75, 3.05) is 5.48 Å². The molecule has 0 atom stereocenters. The first-order chi connectivity index (χ1) is 6.84. The molecule has 0 bridgehead atoms. The molecule has 5 heteroatoms. The number of rotatable bonds is 2. The second kappa shape index (κ2) is 3.86. The molecule has 0 fully saturated rings. The summed E-state index contributed by atoms with van der Waals surface area (Å²) < 4.78 is 0. The molecule has 1 rings (SSSR count). The Labute approximate surface area is 87.7 Å². The molecule has 0 unspecified atom stereocenters. The van der Waals surface area contributed by atoms with E-state index in [0.717, 1.165) is 0 Å². The van der Waals surface area contributed by atoms with Crippen molar-refractivity contribution in [1.29, 1.82) is 0 Å². The monoisotopic (exact) mass is 210 g/mol. The maximum atomic E-state index is 10.8. The molecule has 15 heavy (non-hydrogen) atoms. The van der Waals surface area contributed by atoms with Crippen LogP contribution >= 0.6 is 0 Å². The Kier molecular flexibility index (Phi) is 2.95. The second-order valence-corrected chi connectivity index (χ2v) is 4.29. The third-order valence-electron chi connectivity index (χ3n) is 1.96. The second-order valence-electron chi connectivity index (χ2n) is 4.29. The fourth-order valence-corrected chi connectivity index (χ4v) is 1.10. The van der Waals surface area contributed by atoms with Crippen molar-refractivity contribution in [3.05, 3.63) is 23.4 Å². The molecule has 0 aliphatic carbocycles. The van der Waals surface area contributed by atoms with Gasteiger partial charge in [-0.25, -0.2) is 9.78 Å². The van der Waals surface area contributed by atoms with Crippen LogP contribution in [0.1, 0.15) is 36.8 Å². The van der Waals surface area contributed by atoms with Gasteiger partial charge < -0.3 is 5.11 Å². The van der Waals surface area contributed by atoms with E-state index in [2.05, 4.69) is 4.98 Å². The van der Waals surface area contributed by atoms with Crippen molar-refractivity contribution >= 4 is 11.8 Å². The summed E-state index contributed by atoms with van der Waals surface area (Å²) >= 11 is 0. The Morgan fingerprint density at radius 3 is 2.40 bits per heavy atom. The Morgan fingerprint density at radius 1 is 1.40 bits per heavy atom. The van der Waals surface area contributed by atoms with E-state index < -0.39 is 5.97 Å². The maximum Gasteiger partial charge on any atom is 0.335 e. The number of carboxylic acid groups (broad SMARTS) is 1. The molecule has 0 aliphatic heterocycles. The van der Waals surface area contributed by atoms with Gasteiger partial charge in [-0.3, -0.25) is 10.7 Å². The van der Waals surface area contributed by atoms with Gasteiger partial charge in [0.1, 0.15) is 0 Å². The number of carbonyl (C=O) groups is 1. The zero-order chi connectivity index (χ0) is 11.6. The zero-order valence-corrected chi connectivity index (χ0v) is 8.90. The molecule has 82 valence electrons. The lowest BCUT2D eigenvalue weighted by Gasteiger charge is -2.18. The fourth-order valence-electron chi connectivity index (χ4n) is 1.10. The topological polar surface area (TPSA) is 82.5 Å². The molecule has 0 saturated carbocycles. The summed E-state index contributed by atoms with van der Waals surface area (Å²) in [5.41, 5.74) is 2.31. The van der Waals surface area contributed by atoms with E-state index in [-0.39, 0.29) is 16.8 Å². The first-order valence-corrected chi connectivity index (χ1v) is 4.50. The lowest BCUT2D eigenvalue weighted by molar-refractivity contribution is 0.0696. The number of hydrogen-bond donors (Lipinski definition) is 3. The minimum atomic E-state index is -1.04. The highest BCUT2D eigenvalue weighted by Gasteiger charge is 2.18. The van der Waals surface area contributed by atoms with Crippen LogP contribution in [-0.4, -0.2) is 21.3 Å². The fraction of sp³-hybridized carbons (Fsp3) is 0.400. The Hall–Kier alpha value is -1.62. The standard InChI is InChI=1S/C10H14N2O3/c1-10(2,3)7-4-6(9(13)14)5-8(11-7)12-15/h4-5,15H,1-3H3,(H,11,12)(H,13,14). The molecule has 1 aromatic rings. The third-order valence-corrected chi connectivity index (χ3v) is 1.96. The van der Waals surface area contributed by atoms with Gasteiger partial charge in [-0.15, -0.1) is 0 Å². The lowest BCUT2D eigenvalue weighted by atomic mass is 9.91. The van der Waals surface area contributed by atoms with Gasteiger partial charge >= 0.3 is 5.97 Å². The number of hydrogen-bond acceptors (Lipinski definition) is 4. The quantitative estimate of drug-likeness (QED) is 0.649. The van der Waals surface area contributed by atoms with E-state index in [1.165, 1.54) is 12.1 Å². The van der Waals surface area contributed by atoms with E-state index in [0.29, 0.717) is 5.69 Å². The molecule has 0 aliphatic rings. The van der Waals surface area contributed by atoms with Crippen molar-refractivity contribution in [2.45, 2.75) is 26.2 Å². The summed E-state index contributed by atoms with van der Waals surface area (Å²) in [4.78, 5) is 14.9. The van der Waals surface area contributed by atoms with Crippen LogP contribution in [0, 0.1) is 0 Å². The molecule has 1 heterocycles. The van der Waals surface area contributed by atoms with Crippen LogP contribution in [0.2, 0.25) is 0 Å². The highest BCUT2D eigenvalue weighted by atomic mass is 16.5. The number of aromatic nitrogens is 1. The molecular weight excluding hydrogens is 196 g/mol. The average molecular weight is 210 g/mol. The highest BCUT2D eigenvalue weighted by molar-refractivity contribution is 5.88. The minimum Gasteiger partial charge on any atom is -0.478 e. The van der Waals surface area contributed by atoms with Gasteiger partial charge in [0.2, 0.25) is 0 Å². The minimum absolute atomic E-state index is 0.103. The number of pyridine rings is 1. The van der Waals surface area contributed by atoms with Gasteiger partial charge in [-0.05, 0) is 12.1 Å². The van der Waals surface area contributed by atoms with Crippen LogP contribution in [0.3, 0.4) is 0 Å². The summed E-state index contributed by atoms with van der Waals surface area (Å²) in [6.07, 6.45) is 0. The molecule has 5 nitrogen and oxygen atoms in total. The summed E-state index contributed by atoms with van der Waals surface area (Å²) in [5.74, 6) is -0.903. The Morgan fingerprint density at radius 2 is 2.00 bits per heavy atom. The number of carboxylic acids is 1. The molecule has 0 saturated heterocycles. The molecule has 0 aromatic carbocycles. The van der Waals surface area contributed by atoms with E-state index in [9.17, 15) is 4.79 Å². The summed E-state index contributed by atoms with van der Waals surface area (Å²) in [6, 6.07) is 2.78. The van der Waals surface area contributed by atoms with Gasteiger partial charge in [0.15, 0.2) is 5.82 Å². The van der Waals surface area contributed by atoms with E-state index >= 15 is 0 Å². The van der Waals surface area contributed by atoms with Gasteiger partial charge in [0.25, 0.3) is 0 Å². The molecule has 1 aromatic heterocycles. The van der Waals surface area contributed by atoms with Crippen molar-refractivity contribution in [1.82, 2.24) is 4.98 Å². The smallest absolute Gasteiger partial charge is 0.335 e. The third kappa shape index (κ3) is 2.66. The molecule has 0 radical (unpaired) electrons. The van der Waals surface area contributed by atoms with Crippen LogP contribution in [0.5, 0.6) is 0 Å². The number of anilines is 1. The summed E-state index contributed by atoms with van der Waals surface area (Å²) in [5, 5.41) is 17.6. The van der Waals surface area contributed by atoms with Crippen LogP contribution in [-0.2, 0) is 5.41 Å². The van der Waals surface area contributed by atoms with E-state index in [1.807, 2.05) is 26.3 Å². The molecule has 0 spiro atoms. The highest BCUT2D eigenvalue weighted by Crippen LogP contribution is 2.23. The number of nitrogens with one attached hydrogen (secondary N) is 1. The van der Waals surface area contributed by atoms with Crippen molar-refractivity contribution in [3.8, 4) is 0 Å². The first-order valence-electron chi connectivity index (χ1n) is 4.50. The zero-order valence-electron chi connectivity index (χ0n) is 8.90. The van der Waals surface area contributed by atoms with Gasteiger partial charge in [0.05, 0.1) is 5.56 Å². The molecule has 0 amide bonds. The van der Waals surface area contributed by atoms with Crippen molar-refractivity contribution in [2.24, 2.45) is 0 Å². The Bertz CT molecular complexity index is 383. The van der Waals surface area contributed by atoms with Crippen LogP contribution < -0.4 is 5.48 Å². The largest absolute Gasteiger partial charge is 0.478 e. The van der Waals surface area contributed by atoms with Gasteiger partial charge in [-0.2, -0.15) is 0 Å². The average Bonchev–Trinajstić information content (AvgIpc) is 2.15. The maximum absolute atomic E-state index is 10.8. The summed E-state index contributed by atoms with van der Waals surface area (Å²) in [7, 11) is 0. The normalized spacial score (nSPS) is 11.2. The Balaban J connectivity index is 3.30. The van der Waals surface area contributed by atoms with Gasteiger partial charge in [-0.1, -0.05) is 20.8 Å². The molecule has 3 N–H and O–H groups in total. The predicted octanol–water partition coefficient (Wildman–Crippen LogP) is 1.88. The van der Waals surface area contributed by atoms with Crippen LogP contribution in [0.25, 0.3) is 0 Å². The number of aromatic carboxylic acids is 1.